The summed E-state index contributed by atoms with van der Waals surface area (Å²) in [6, 6.07) is 20.3. The largest absolute Gasteiger partial charge is 0.508 e. The Labute approximate surface area is 186 Å². The quantitative estimate of drug-likeness (QED) is 0.356. The minimum absolute atomic E-state index is 0.188. The Bertz CT molecular complexity index is 1200. The molecular weight excluding hydrogens is 402 g/mol. The number of phenols is 1. The SMILES string of the molecule is C[C@H](CCCNC(=O)Nc1ccc2ncc(-c3ccc(O)cc3)nc2n1)c1ccccc1. The van der Waals surface area contributed by atoms with Gasteiger partial charge in [-0.25, -0.2) is 14.8 Å². The molecule has 162 valence electrons. The Morgan fingerprint density at radius 1 is 1.00 bits per heavy atom. The lowest BCUT2D eigenvalue weighted by atomic mass is 9.96. The molecule has 2 heterocycles. The van der Waals surface area contributed by atoms with Gasteiger partial charge in [0.2, 0.25) is 0 Å². The molecule has 0 fully saturated rings. The van der Waals surface area contributed by atoms with E-state index in [4.69, 9.17) is 0 Å². The number of rotatable bonds is 7. The van der Waals surface area contributed by atoms with E-state index in [-0.39, 0.29) is 11.8 Å². The molecule has 2 amide bonds. The van der Waals surface area contributed by atoms with Crippen LogP contribution in [0.1, 0.15) is 31.2 Å². The van der Waals surface area contributed by atoms with E-state index in [9.17, 15) is 9.90 Å². The van der Waals surface area contributed by atoms with Crippen LogP contribution in [0.4, 0.5) is 10.6 Å². The average molecular weight is 428 g/mol. The van der Waals surface area contributed by atoms with Crippen molar-refractivity contribution in [3.8, 4) is 17.0 Å². The summed E-state index contributed by atoms with van der Waals surface area (Å²) < 4.78 is 0. The van der Waals surface area contributed by atoms with E-state index in [0.29, 0.717) is 35.1 Å². The molecule has 7 nitrogen and oxygen atoms in total. The third-order valence-corrected chi connectivity index (χ3v) is 5.28. The normalized spacial score (nSPS) is 11.8. The number of nitrogens with one attached hydrogen (secondary N) is 2. The number of benzene rings is 2. The highest BCUT2D eigenvalue weighted by molar-refractivity contribution is 5.89. The van der Waals surface area contributed by atoms with Crippen molar-refractivity contribution in [2.24, 2.45) is 0 Å². The molecule has 7 heteroatoms. The van der Waals surface area contributed by atoms with Gasteiger partial charge in [-0.05, 0) is 60.7 Å². The van der Waals surface area contributed by atoms with E-state index < -0.39 is 0 Å². The summed E-state index contributed by atoms with van der Waals surface area (Å²) in [6.07, 6.45) is 3.54. The Morgan fingerprint density at radius 2 is 1.78 bits per heavy atom. The van der Waals surface area contributed by atoms with Crippen LogP contribution >= 0.6 is 0 Å². The number of anilines is 1. The number of carbonyl (C=O) groups excluding carboxylic acids is 1. The first-order valence-corrected chi connectivity index (χ1v) is 10.6. The van der Waals surface area contributed by atoms with E-state index >= 15 is 0 Å². The first-order chi connectivity index (χ1) is 15.6. The number of aromatic nitrogens is 3. The molecular formula is C25H25N5O2. The topological polar surface area (TPSA) is 100 Å². The number of nitrogens with zero attached hydrogens (tertiary/aromatic N) is 3. The van der Waals surface area contributed by atoms with Crippen LogP contribution in [0, 0.1) is 0 Å². The van der Waals surface area contributed by atoms with Crippen molar-refractivity contribution in [2.45, 2.75) is 25.7 Å². The summed E-state index contributed by atoms with van der Waals surface area (Å²) in [5.41, 5.74) is 3.84. The monoisotopic (exact) mass is 427 g/mol. The fourth-order valence-corrected chi connectivity index (χ4v) is 3.46. The number of urea groups is 1. The van der Waals surface area contributed by atoms with Crippen molar-refractivity contribution in [1.82, 2.24) is 20.3 Å². The second kappa shape index (κ2) is 9.87. The number of hydrogen-bond acceptors (Lipinski definition) is 5. The Hall–Kier alpha value is -4.00. The third kappa shape index (κ3) is 5.37. The Balaban J connectivity index is 1.33. The molecule has 2 aromatic carbocycles. The molecule has 0 bridgehead atoms. The number of hydrogen-bond donors (Lipinski definition) is 3. The van der Waals surface area contributed by atoms with E-state index in [1.54, 1.807) is 42.6 Å². The van der Waals surface area contributed by atoms with E-state index in [1.807, 2.05) is 18.2 Å². The van der Waals surface area contributed by atoms with Crippen LogP contribution in [0.15, 0.2) is 72.9 Å². The van der Waals surface area contributed by atoms with Crippen molar-refractivity contribution in [2.75, 3.05) is 11.9 Å². The number of carbonyl (C=O) groups is 1. The molecule has 0 saturated carbocycles. The van der Waals surface area contributed by atoms with Gasteiger partial charge in [-0.1, -0.05) is 37.3 Å². The minimum atomic E-state index is -0.299. The molecule has 0 saturated heterocycles. The van der Waals surface area contributed by atoms with Crippen LogP contribution in [0.5, 0.6) is 5.75 Å². The second-order valence-corrected chi connectivity index (χ2v) is 7.68. The van der Waals surface area contributed by atoms with E-state index in [0.717, 1.165) is 18.4 Å². The van der Waals surface area contributed by atoms with Crippen LogP contribution < -0.4 is 10.6 Å². The number of phenolic OH excluding ortho intramolecular Hbond substituents is 1. The highest BCUT2D eigenvalue weighted by Crippen LogP contribution is 2.22. The molecule has 0 aliphatic carbocycles. The fourth-order valence-electron chi connectivity index (χ4n) is 3.46. The van der Waals surface area contributed by atoms with Crippen LogP contribution in [0.2, 0.25) is 0 Å². The lowest BCUT2D eigenvalue weighted by Crippen LogP contribution is -2.30. The Kier molecular flexibility index (Phi) is 6.55. The molecule has 3 N–H and O–H groups in total. The van der Waals surface area contributed by atoms with Gasteiger partial charge in [0.1, 0.15) is 17.1 Å². The first kappa shape index (κ1) is 21.2. The van der Waals surface area contributed by atoms with Crippen molar-refractivity contribution >= 4 is 23.0 Å². The van der Waals surface area contributed by atoms with Gasteiger partial charge < -0.3 is 10.4 Å². The maximum atomic E-state index is 12.3. The molecule has 0 radical (unpaired) electrons. The molecule has 2 aromatic heterocycles. The molecule has 0 spiro atoms. The zero-order chi connectivity index (χ0) is 22.3. The summed E-state index contributed by atoms with van der Waals surface area (Å²) in [7, 11) is 0. The summed E-state index contributed by atoms with van der Waals surface area (Å²) in [5.74, 6) is 1.04. The number of amides is 2. The van der Waals surface area contributed by atoms with Crippen molar-refractivity contribution < 1.29 is 9.90 Å². The van der Waals surface area contributed by atoms with Crippen LogP contribution in [-0.2, 0) is 0 Å². The van der Waals surface area contributed by atoms with Gasteiger partial charge in [0.15, 0.2) is 5.65 Å². The second-order valence-electron chi connectivity index (χ2n) is 7.68. The van der Waals surface area contributed by atoms with Crippen molar-refractivity contribution in [3.05, 3.63) is 78.5 Å². The highest BCUT2D eigenvalue weighted by atomic mass is 16.3. The van der Waals surface area contributed by atoms with Gasteiger partial charge in [0.25, 0.3) is 0 Å². The smallest absolute Gasteiger partial charge is 0.320 e. The minimum Gasteiger partial charge on any atom is -0.508 e. The van der Waals surface area contributed by atoms with Crippen LogP contribution in [-0.4, -0.2) is 32.6 Å². The van der Waals surface area contributed by atoms with Crippen LogP contribution in [0.25, 0.3) is 22.4 Å². The number of pyridine rings is 1. The lowest BCUT2D eigenvalue weighted by molar-refractivity contribution is 0.251. The van der Waals surface area contributed by atoms with Gasteiger partial charge in [0.05, 0.1) is 11.9 Å². The standard InChI is InChI=1S/C25H25N5O2/c1-17(18-7-3-2-4-8-18)6-5-15-26-25(32)30-23-14-13-21-24(29-23)28-22(16-27-21)19-9-11-20(31)12-10-19/h2-4,7-14,16-17,31H,5-6,15H2,1H3,(H2,26,28,29,30,32)/t17-/m1/s1. The summed E-state index contributed by atoms with van der Waals surface area (Å²) in [4.78, 5) is 25.6. The molecule has 0 aliphatic heterocycles. The van der Waals surface area contributed by atoms with Gasteiger partial charge in [0, 0.05) is 12.1 Å². The van der Waals surface area contributed by atoms with E-state index in [2.05, 4.69) is 44.6 Å². The maximum absolute atomic E-state index is 12.3. The molecule has 1 atom stereocenters. The average Bonchev–Trinajstić information content (AvgIpc) is 2.82. The molecule has 0 aliphatic rings. The maximum Gasteiger partial charge on any atom is 0.320 e. The molecule has 4 aromatic rings. The number of fused-ring (bicyclic) bond motifs is 1. The third-order valence-electron chi connectivity index (χ3n) is 5.28. The predicted octanol–water partition coefficient (Wildman–Crippen LogP) is 5.10. The summed E-state index contributed by atoms with van der Waals surface area (Å²) >= 11 is 0. The summed E-state index contributed by atoms with van der Waals surface area (Å²) in [6.45, 7) is 2.78. The predicted molar refractivity (Wildman–Crippen MR) is 126 cm³/mol. The van der Waals surface area contributed by atoms with Gasteiger partial charge in [-0.3, -0.25) is 10.3 Å². The van der Waals surface area contributed by atoms with Gasteiger partial charge in [-0.15, -0.1) is 0 Å². The van der Waals surface area contributed by atoms with Crippen molar-refractivity contribution in [1.29, 1.82) is 0 Å². The summed E-state index contributed by atoms with van der Waals surface area (Å²) in [5, 5.41) is 15.1. The van der Waals surface area contributed by atoms with Crippen LogP contribution in [0.3, 0.4) is 0 Å². The lowest BCUT2D eigenvalue weighted by Gasteiger charge is -2.12. The number of aromatic hydroxyl groups is 1. The van der Waals surface area contributed by atoms with Gasteiger partial charge in [-0.2, -0.15) is 0 Å². The van der Waals surface area contributed by atoms with E-state index in [1.165, 1.54) is 5.56 Å². The highest BCUT2D eigenvalue weighted by Gasteiger charge is 2.08. The fraction of sp³-hybridized carbons (Fsp3) is 0.200. The zero-order valence-electron chi connectivity index (χ0n) is 17.8. The van der Waals surface area contributed by atoms with Gasteiger partial charge >= 0.3 is 6.03 Å². The molecule has 0 unspecified atom stereocenters. The first-order valence-electron chi connectivity index (χ1n) is 10.6. The molecule has 32 heavy (non-hydrogen) atoms. The Morgan fingerprint density at radius 3 is 2.56 bits per heavy atom. The zero-order valence-corrected chi connectivity index (χ0v) is 17.8. The van der Waals surface area contributed by atoms with Crippen molar-refractivity contribution in [3.63, 3.8) is 0 Å². The molecule has 4 rings (SSSR count).